The summed E-state index contributed by atoms with van der Waals surface area (Å²) in [6.45, 7) is 2.46. The van der Waals surface area contributed by atoms with Crippen LogP contribution in [0, 0.1) is 11.6 Å². The first-order valence-electron chi connectivity index (χ1n) is 11.9. The lowest BCUT2D eigenvalue weighted by molar-refractivity contribution is -0.134. The number of aliphatic hydroxyl groups excluding tert-OH is 1. The van der Waals surface area contributed by atoms with Gasteiger partial charge in [0, 0.05) is 60.7 Å². The first-order chi connectivity index (χ1) is 17.3. The lowest BCUT2D eigenvalue weighted by Gasteiger charge is -2.50. The molecule has 10 heteroatoms. The van der Waals surface area contributed by atoms with Crippen molar-refractivity contribution >= 4 is 28.5 Å². The highest BCUT2D eigenvalue weighted by Gasteiger charge is 2.48. The molecule has 1 saturated heterocycles. The zero-order chi connectivity index (χ0) is 25.6. The van der Waals surface area contributed by atoms with Crippen molar-refractivity contribution in [1.82, 2.24) is 14.8 Å². The number of carbonyl (C=O) groups excluding carboxylic acids is 2. The molecule has 2 aliphatic heterocycles. The maximum absolute atomic E-state index is 14.0. The number of ether oxygens (including phenoxy) is 1. The molecule has 190 valence electrons. The van der Waals surface area contributed by atoms with Crippen LogP contribution >= 0.6 is 0 Å². The van der Waals surface area contributed by atoms with Crippen LogP contribution in [0.3, 0.4) is 0 Å². The summed E-state index contributed by atoms with van der Waals surface area (Å²) in [5.41, 5.74) is 2.20. The summed E-state index contributed by atoms with van der Waals surface area (Å²) in [5.74, 6) is -0.998. The Bertz CT molecular complexity index is 1330. The molecule has 0 bridgehead atoms. The normalized spacial score (nSPS) is 18.9. The topological polar surface area (TPSA) is 97.9 Å². The number of piperidine rings is 1. The van der Waals surface area contributed by atoms with Gasteiger partial charge in [-0.1, -0.05) is 0 Å². The molecular weight excluding hydrogens is 470 g/mol. The minimum atomic E-state index is -0.838. The number of methoxy groups -OCH3 is 1. The number of aromatic nitrogens is 1. The molecule has 36 heavy (non-hydrogen) atoms. The SMILES string of the molecule is COc1ccc2c3c([nH]c2c1)[C@@H](CO)N(C(C)=O)CC31CCN(C(=O)Nc2ccc(F)cc2F)CC1. The highest BCUT2D eigenvalue weighted by molar-refractivity contribution is 5.90. The van der Waals surface area contributed by atoms with Crippen molar-refractivity contribution in [2.24, 2.45) is 0 Å². The summed E-state index contributed by atoms with van der Waals surface area (Å²) in [5, 5.41) is 13.7. The molecule has 1 atom stereocenters. The zero-order valence-corrected chi connectivity index (χ0v) is 20.1. The molecule has 0 saturated carbocycles. The van der Waals surface area contributed by atoms with Crippen molar-refractivity contribution in [2.75, 3.05) is 38.7 Å². The van der Waals surface area contributed by atoms with Gasteiger partial charge in [0.25, 0.3) is 0 Å². The summed E-state index contributed by atoms with van der Waals surface area (Å²) < 4.78 is 32.6. The maximum atomic E-state index is 14.0. The minimum absolute atomic E-state index is 0.0826. The minimum Gasteiger partial charge on any atom is -0.497 e. The van der Waals surface area contributed by atoms with Gasteiger partial charge in [-0.25, -0.2) is 13.6 Å². The summed E-state index contributed by atoms with van der Waals surface area (Å²) >= 11 is 0. The fourth-order valence-electron chi connectivity index (χ4n) is 5.67. The Morgan fingerprint density at radius 2 is 1.94 bits per heavy atom. The highest BCUT2D eigenvalue weighted by Crippen LogP contribution is 2.49. The van der Waals surface area contributed by atoms with Gasteiger partial charge in [0.2, 0.25) is 5.91 Å². The largest absolute Gasteiger partial charge is 0.497 e. The van der Waals surface area contributed by atoms with E-state index in [1.165, 1.54) is 13.0 Å². The fraction of sp³-hybridized carbons (Fsp3) is 0.385. The molecule has 3 heterocycles. The summed E-state index contributed by atoms with van der Waals surface area (Å²) in [6.07, 6.45) is 1.14. The molecule has 0 unspecified atom stereocenters. The monoisotopic (exact) mass is 498 g/mol. The Kier molecular flexibility index (Phi) is 6.07. The number of benzene rings is 2. The second-order valence-electron chi connectivity index (χ2n) is 9.49. The van der Waals surface area contributed by atoms with E-state index < -0.39 is 29.1 Å². The number of halogens is 2. The van der Waals surface area contributed by atoms with E-state index in [1.807, 2.05) is 18.2 Å². The van der Waals surface area contributed by atoms with Gasteiger partial charge in [0.1, 0.15) is 17.4 Å². The number of amides is 3. The number of hydrogen-bond donors (Lipinski definition) is 3. The molecule has 0 radical (unpaired) electrons. The van der Waals surface area contributed by atoms with Crippen molar-refractivity contribution < 1.29 is 28.2 Å². The van der Waals surface area contributed by atoms with Crippen LogP contribution in [0.5, 0.6) is 5.75 Å². The van der Waals surface area contributed by atoms with Gasteiger partial charge in [0.15, 0.2) is 0 Å². The van der Waals surface area contributed by atoms with E-state index in [-0.39, 0.29) is 18.2 Å². The molecule has 5 rings (SSSR count). The molecule has 3 N–H and O–H groups in total. The molecule has 2 aromatic carbocycles. The molecule has 1 spiro atoms. The van der Waals surface area contributed by atoms with Crippen LogP contribution in [0.1, 0.15) is 37.1 Å². The Labute approximate surface area is 206 Å². The van der Waals surface area contributed by atoms with Crippen LogP contribution in [0.4, 0.5) is 19.3 Å². The summed E-state index contributed by atoms with van der Waals surface area (Å²) in [7, 11) is 1.60. The van der Waals surface area contributed by atoms with Crippen LogP contribution in [-0.2, 0) is 10.2 Å². The number of likely N-dealkylation sites (tertiary alicyclic amines) is 1. The van der Waals surface area contributed by atoms with E-state index in [1.54, 1.807) is 16.9 Å². The average Bonchev–Trinajstić information content (AvgIpc) is 3.25. The van der Waals surface area contributed by atoms with E-state index >= 15 is 0 Å². The predicted octanol–water partition coefficient (Wildman–Crippen LogP) is 3.92. The first-order valence-corrected chi connectivity index (χ1v) is 11.9. The number of H-pyrrole nitrogens is 1. The number of carbonyl (C=O) groups is 2. The zero-order valence-electron chi connectivity index (χ0n) is 20.1. The summed E-state index contributed by atoms with van der Waals surface area (Å²) in [4.78, 5) is 32.2. The Balaban J connectivity index is 1.46. The standard InChI is InChI=1S/C26H28F2N4O4/c1-15(34)32-14-26(23-18-5-4-17(36-2)12-21(18)29-24(23)22(32)13-33)7-9-31(10-8-26)25(35)30-20-6-3-16(27)11-19(20)28/h3-6,11-12,22,29,33H,7-10,13-14H2,1-2H3,(H,30,35)/t22-/m1/s1. The van der Waals surface area contributed by atoms with Crippen molar-refractivity contribution in [3.8, 4) is 5.75 Å². The third kappa shape index (κ3) is 3.95. The van der Waals surface area contributed by atoms with Crippen molar-refractivity contribution in [3.63, 3.8) is 0 Å². The second-order valence-corrected chi connectivity index (χ2v) is 9.49. The lowest BCUT2D eigenvalue weighted by Crippen LogP contribution is -2.55. The number of hydrogen-bond acceptors (Lipinski definition) is 4. The van der Waals surface area contributed by atoms with E-state index in [0.29, 0.717) is 38.2 Å². The van der Waals surface area contributed by atoms with Gasteiger partial charge in [-0.05, 0) is 42.7 Å². The van der Waals surface area contributed by atoms with Gasteiger partial charge in [0.05, 0.1) is 25.4 Å². The van der Waals surface area contributed by atoms with Crippen LogP contribution in [0.15, 0.2) is 36.4 Å². The van der Waals surface area contributed by atoms with Crippen LogP contribution < -0.4 is 10.1 Å². The molecule has 1 aromatic heterocycles. The van der Waals surface area contributed by atoms with E-state index in [0.717, 1.165) is 34.3 Å². The molecule has 2 aliphatic rings. The number of aliphatic hydroxyl groups is 1. The quantitative estimate of drug-likeness (QED) is 0.510. The number of fused-ring (bicyclic) bond motifs is 4. The van der Waals surface area contributed by atoms with Crippen molar-refractivity contribution in [2.45, 2.75) is 31.2 Å². The van der Waals surface area contributed by atoms with Gasteiger partial charge in [-0.15, -0.1) is 0 Å². The maximum Gasteiger partial charge on any atom is 0.321 e. The highest BCUT2D eigenvalue weighted by atomic mass is 19.1. The number of aromatic amines is 1. The van der Waals surface area contributed by atoms with Gasteiger partial charge in [-0.3, -0.25) is 4.79 Å². The third-order valence-electron chi connectivity index (χ3n) is 7.51. The second kappa shape index (κ2) is 9.09. The molecule has 1 fully saturated rings. The average molecular weight is 499 g/mol. The van der Waals surface area contributed by atoms with E-state index in [9.17, 15) is 23.5 Å². The Morgan fingerprint density at radius 3 is 2.58 bits per heavy atom. The van der Waals surface area contributed by atoms with Crippen molar-refractivity contribution in [3.05, 3.63) is 59.3 Å². The number of rotatable bonds is 3. The number of nitrogens with zero attached hydrogens (tertiary/aromatic N) is 2. The molecule has 0 aliphatic carbocycles. The molecular formula is C26H28F2N4O4. The van der Waals surface area contributed by atoms with E-state index in [2.05, 4.69) is 10.3 Å². The van der Waals surface area contributed by atoms with Crippen LogP contribution in [0.2, 0.25) is 0 Å². The smallest absolute Gasteiger partial charge is 0.321 e. The van der Waals surface area contributed by atoms with Gasteiger partial charge < -0.3 is 29.9 Å². The predicted molar refractivity (Wildman–Crippen MR) is 130 cm³/mol. The first kappa shape index (κ1) is 24.1. The van der Waals surface area contributed by atoms with Gasteiger partial charge in [-0.2, -0.15) is 0 Å². The van der Waals surface area contributed by atoms with Crippen LogP contribution in [0.25, 0.3) is 10.9 Å². The third-order valence-corrected chi connectivity index (χ3v) is 7.51. The summed E-state index contributed by atoms with van der Waals surface area (Å²) in [6, 6.07) is 7.82. The number of urea groups is 1. The number of anilines is 1. The molecule has 3 aromatic rings. The molecule has 3 amide bonds. The Hall–Kier alpha value is -3.66. The number of nitrogens with one attached hydrogen (secondary N) is 2. The van der Waals surface area contributed by atoms with E-state index in [4.69, 9.17) is 4.74 Å². The molecule has 8 nitrogen and oxygen atoms in total. The van der Waals surface area contributed by atoms with Gasteiger partial charge >= 0.3 is 6.03 Å². The van der Waals surface area contributed by atoms with Crippen molar-refractivity contribution in [1.29, 1.82) is 0 Å². The lowest BCUT2D eigenvalue weighted by atomic mass is 9.68. The van der Waals surface area contributed by atoms with Crippen LogP contribution in [-0.4, -0.2) is 65.2 Å². The Morgan fingerprint density at radius 1 is 1.19 bits per heavy atom. The fourth-order valence-corrected chi connectivity index (χ4v) is 5.67.